The van der Waals surface area contributed by atoms with Crippen LogP contribution in [-0.2, 0) is 16.0 Å². The number of ether oxygens (including phenoxy) is 2. The summed E-state index contributed by atoms with van der Waals surface area (Å²) < 4.78 is 50.8. The van der Waals surface area contributed by atoms with Crippen LogP contribution in [0.15, 0.2) is 42.5 Å². The number of esters is 1. The van der Waals surface area contributed by atoms with Crippen LogP contribution in [0, 0.1) is 12.8 Å². The third kappa shape index (κ3) is 6.57. The molecule has 1 aliphatic rings. The van der Waals surface area contributed by atoms with Crippen molar-refractivity contribution in [3.63, 3.8) is 0 Å². The Hall–Kier alpha value is -3.07. The summed E-state index contributed by atoms with van der Waals surface area (Å²) in [5.74, 6) is -1.10. The van der Waals surface area contributed by atoms with Crippen LogP contribution in [0.2, 0.25) is 0 Å². The molecule has 2 aromatic rings. The topological polar surface area (TPSA) is 84.9 Å². The van der Waals surface area contributed by atoms with E-state index in [0.29, 0.717) is 38.0 Å². The summed E-state index contributed by atoms with van der Waals surface area (Å²) in [6.07, 6.45) is -5.23. The van der Waals surface area contributed by atoms with Gasteiger partial charge in [-0.2, -0.15) is 13.2 Å². The summed E-state index contributed by atoms with van der Waals surface area (Å²) in [4.78, 5) is 25.6. The molecule has 1 amide bonds. The van der Waals surface area contributed by atoms with E-state index in [9.17, 15) is 27.9 Å². The zero-order valence-electron chi connectivity index (χ0n) is 20.7. The second-order valence-electron chi connectivity index (χ2n) is 9.49. The highest BCUT2D eigenvalue weighted by atomic mass is 19.4. The maximum atomic E-state index is 13.4. The molecule has 1 fully saturated rings. The third-order valence-electron chi connectivity index (χ3n) is 6.66. The van der Waals surface area contributed by atoms with Crippen molar-refractivity contribution in [1.29, 1.82) is 0 Å². The van der Waals surface area contributed by atoms with Crippen LogP contribution in [0.5, 0.6) is 5.75 Å². The van der Waals surface area contributed by atoms with Crippen molar-refractivity contribution >= 4 is 11.9 Å². The van der Waals surface area contributed by atoms with Crippen LogP contribution < -0.4 is 10.1 Å². The molecule has 6 nitrogen and oxygen atoms in total. The van der Waals surface area contributed by atoms with E-state index in [-0.39, 0.29) is 17.9 Å². The van der Waals surface area contributed by atoms with Crippen molar-refractivity contribution in [3.8, 4) is 5.75 Å². The van der Waals surface area contributed by atoms with Crippen molar-refractivity contribution in [3.05, 3.63) is 64.7 Å². The van der Waals surface area contributed by atoms with Gasteiger partial charge in [-0.1, -0.05) is 36.8 Å². The fraction of sp³-hybridized carbons (Fsp3) is 0.481. The first-order valence-corrected chi connectivity index (χ1v) is 11.9. The van der Waals surface area contributed by atoms with Crippen molar-refractivity contribution in [2.24, 2.45) is 5.92 Å². The first kappa shape index (κ1) is 27.5. The summed E-state index contributed by atoms with van der Waals surface area (Å²) in [6.45, 7) is 4.06. The number of rotatable bonds is 8. The highest BCUT2D eigenvalue weighted by Gasteiger charge is 2.44. The van der Waals surface area contributed by atoms with E-state index < -0.39 is 35.3 Å². The van der Waals surface area contributed by atoms with Gasteiger partial charge in [0.15, 0.2) is 6.10 Å². The Morgan fingerprint density at radius 3 is 2.47 bits per heavy atom. The SMILES string of the molecule is COC(=O)C1(NC(=O)c2ccc(OCCc3cccc(C)c3)c(C(O)C(F)(F)F)c2)CCC(C)CC1. The number of benzene rings is 2. The normalized spacial score (nSPS) is 20.9. The highest BCUT2D eigenvalue weighted by molar-refractivity contribution is 5.98. The molecule has 36 heavy (non-hydrogen) atoms. The van der Waals surface area contributed by atoms with E-state index in [1.165, 1.54) is 19.2 Å². The first-order valence-electron chi connectivity index (χ1n) is 11.9. The number of hydrogen-bond acceptors (Lipinski definition) is 5. The molecule has 0 aliphatic heterocycles. The molecule has 0 spiro atoms. The number of methoxy groups -OCH3 is 1. The molecule has 2 aromatic carbocycles. The fourth-order valence-corrected chi connectivity index (χ4v) is 4.48. The minimum atomic E-state index is -4.96. The summed E-state index contributed by atoms with van der Waals surface area (Å²) in [7, 11) is 1.23. The van der Waals surface area contributed by atoms with Gasteiger partial charge in [-0.15, -0.1) is 0 Å². The van der Waals surface area contributed by atoms with Crippen molar-refractivity contribution < 1.29 is 37.3 Å². The molecule has 196 valence electrons. The zero-order valence-corrected chi connectivity index (χ0v) is 20.7. The van der Waals surface area contributed by atoms with E-state index >= 15 is 0 Å². The Bertz CT molecular complexity index is 1080. The Morgan fingerprint density at radius 1 is 1.17 bits per heavy atom. The number of aliphatic hydroxyl groups excluding tert-OH is 1. The number of aliphatic hydroxyl groups is 1. The van der Waals surface area contributed by atoms with Gasteiger partial charge in [0.2, 0.25) is 0 Å². The Labute approximate surface area is 208 Å². The van der Waals surface area contributed by atoms with Crippen LogP contribution in [0.3, 0.4) is 0 Å². The Kier molecular flexibility index (Phi) is 8.66. The molecule has 0 aromatic heterocycles. The minimum Gasteiger partial charge on any atom is -0.493 e. The molecule has 9 heteroatoms. The number of hydrogen-bond donors (Lipinski definition) is 2. The lowest BCUT2D eigenvalue weighted by Crippen LogP contribution is -2.56. The van der Waals surface area contributed by atoms with Gasteiger partial charge in [0.1, 0.15) is 11.3 Å². The molecular formula is C27H32F3NO5. The Balaban J connectivity index is 1.83. The van der Waals surface area contributed by atoms with Crippen molar-refractivity contribution in [1.82, 2.24) is 5.32 Å². The van der Waals surface area contributed by atoms with Crippen LogP contribution in [-0.4, -0.2) is 42.4 Å². The van der Waals surface area contributed by atoms with Gasteiger partial charge in [0.05, 0.1) is 13.7 Å². The van der Waals surface area contributed by atoms with Gasteiger partial charge < -0.3 is 19.9 Å². The maximum Gasteiger partial charge on any atom is 0.418 e. The van der Waals surface area contributed by atoms with E-state index in [1.54, 1.807) is 0 Å². The maximum absolute atomic E-state index is 13.4. The quantitative estimate of drug-likeness (QED) is 0.488. The number of carbonyl (C=O) groups is 2. The molecule has 0 radical (unpaired) electrons. The van der Waals surface area contributed by atoms with Crippen molar-refractivity contribution in [2.45, 2.75) is 63.8 Å². The minimum absolute atomic E-state index is 0.0796. The van der Waals surface area contributed by atoms with E-state index in [0.717, 1.165) is 17.2 Å². The van der Waals surface area contributed by atoms with Gasteiger partial charge in [-0.05, 0) is 62.3 Å². The molecular weight excluding hydrogens is 475 g/mol. The average Bonchev–Trinajstić information content (AvgIpc) is 2.84. The number of amides is 1. The lowest BCUT2D eigenvalue weighted by atomic mass is 9.77. The van der Waals surface area contributed by atoms with E-state index in [4.69, 9.17) is 9.47 Å². The van der Waals surface area contributed by atoms with Crippen LogP contribution in [0.25, 0.3) is 0 Å². The molecule has 1 saturated carbocycles. The summed E-state index contributed by atoms with van der Waals surface area (Å²) in [5, 5.41) is 12.7. The number of nitrogens with one attached hydrogen (secondary N) is 1. The van der Waals surface area contributed by atoms with Gasteiger partial charge in [0.25, 0.3) is 5.91 Å². The highest BCUT2D eigenvalue weighted by Crippen LogP contribution is 2.38. The van der Waals surface area contributed by atoms with Gasteiger partial charge in [-0.25, -0.2) is 4.79 Å². The third-order valence-corrected chi connectivity index (χ3v) is 6.66. The smallest absolute Gasteiger partial charge is 0.418 e. The summed E-state index contributed by atoms with van der Waals surface area (Å²) in [6, 6.07) is 11.2. The van der Waals surface area contributed by atoms with E-state index in [2.05, 4.69) is 5.32 Å². The monoisotopic (exact) mass is 507 g/mol. The van der Waals surface area contributed by atoms with Crippen molar-refractivity contribution in [2.75, 3.05) is 13.7 Å². The second kappa shape index (κ2) is 11.3. The van der Waals surface area contributed by atoms with Crippen LogP contribution >= 0.6 is 0 Å². The van der Waals surface area contributed by atoms with Crippen LogP contribution in [0.1, 0.15) is 65.8 Å². The van der Waals surface area contributed by atoms with Gasteiger partial charge in [0, 0.05) is 17.5 Å². The molecule has 2 N–H and O–H groups in total. The predicted molar refractivity (Wildman–Crippen MR) is 128 cm³/mol. The molecule has 0 bridgehead atoms. The largest absolute Gasteiger partial charge is 0.493 e. The number of alkyl halides is 3. The van der Waals surface area contributed by atoms with Gasteiger partial charge >= 0.3 is 12.1 Å². The van der Waals surface area contributed by atoms with Gasteiger partial charge in [-0.3, -0.25) is 4.79 Å². The average molecular weight is 508 g/mol. The lowest BCUT2D eigenvalue weighted by molar-refractivity contribution is -0.207. The first-order chi connectivity index (χ1) is 16.9. The number of halogens is 3. The molecule has 0 saturated heterocycles. The molecule has 1 atom stereocenters. The van der Waals surface area contributed by atoms with E-state index in [1.807, 2.05) is 38.1 Å². The molecule has 0 heterocycles. The number of aryl methyl sites for hydroxylation is 1. The molecule has 1 aliphatic carbocycles. The fourth-order valence-electron chi connectivity index (χ4n) is 4.48. The predicted octanol–water partition coefficient (Wildman–Crippen LogP) is 5.06. The second-order valence-corrected chi connectivity index (χ2v) is 9.49. The molecule has 3 rings (SSSR count). The summed E-state index contributed by atoms with van der Waals surface area (Å²) in [5.41, 5.74) is 0.0708. The zero-order chi connectivity index (χ0) is 26.5. The standard InChI is InChI=1S/C27H32F3NO5/c1-17-9-12-26(13-10-17,25(34)35-3)31-24(33)20-7-8-22(21(16-20)23(32)27(28,29)30)36-14-11-19-6-4-5-18(2)15-19/h4-8,15-17,23,32H,9-14H2,1-3H3,(H,31,33). The molecule has 1 unspecified atom stereocenters. The number of carbonyl (C=O) groups excluding carboxylic acids is 2. The lowest BCUT2D eigenvalue weighted by Gasteiger charge is -2.37. The van der Waals surface area contributed by atoms with Crippen LogP contribution in [0.4, 0.5) is 13.2 Å². The Morgan fingerprint density at radius 2 is 1.86 bits per heavy atom. The summed E-state index contributed by atoms with van der Waals surface area (Å²) >= 11 is 0.